The summed E-state index contributed by atoms with van der Waals surface area (Å²) in [6.45, 7) is 5.21. The van der Waals surface area contributed by atoms with Crippen LogP contribution in [0.1, 0.15) is 19.4 Å². The van der Waals surface area contributed by atoms with Crippen molar-refractivity contribution in [2.45, 2.75) is 32.5 Å². The second-order valence-electron chi connectivity index (χ2n) is 5.46. The molecular formula is C16H22N2O3. The minimum atomic E-state index is -0.535. The highest BCUT2D eigenvalue weighted by atomic mass is 16.5. The van der Waals surface area contributed by atoms with Crippen molar-refractivity contribution in [1.29, 1.82) is 0 Å². The Balaban J connectivity index is 1.78. The molecule has 114 valence electrons. The number of hydrogen-bond donors (Lipinski definition) is 1. The fourth-order valence-electron chi connectivity index (χ4n) is 2.53. The Morgan fingerprint density at radius 3 is 2.43 bits per heavy atom. The number of ether oxygens (including phenoxy) is 1. The predicted molar refractivity (Wildman–Crippen MR) is 79.7 cm³/mol. The van der Waals surface area contributed by atoms with Crippen molar-refractivity contribution in [3.8, 4) is 0 Å². The third kappa shape index (κ3) is 4.56. The van der Waals surface area contributed by atoms with Crippen molar-refractivity contribution >= 4 is 11.8 Å². The van der Waals surface area contributed by atoms with E-state index in [1.165, 1.54) is 0 Å². The summed E-state index contributed by atoms with van der Waals surface area (Å²) in [6, 6.07) is 9.86. The molecule has 0 aromatic heterocycles. The van der Waals surface area contributed by atoms with Gasteiger partial charge >= 0.3 is 11.8 Å². The van der Waals surface area contributed by atoms with Crippen LogP contribution in [0.3, 0.4) is 0 Å². The fourth-order valence-corrected chi connectivity index (χ4v) is 2.53. The molecular weight excluding hydrogens is 268 g/mol. The van der Waals surface area contributed by atoms with Crippen LogP contribution in [0, 0.1) is 0 Å². The van der Waals surface area contributed by atoms with Gasteiger partial charge in [0.05, 0.1) is 12.2 Å². The summed E-state index contributed by atoms with van der Waals surface area (Å²) in [7, 11) is 0. The molecule has 2 unspecified atom stereocenters. The van der Waals surface area contributed by atoms with Gasteiger partial charge in [0.25, 0.3) is 0 Å². The molecule has 5 nitrogen and oxygen atoms in total. The van der Waals surface area contributed by atoms with E-state index >= 15 is 0 Å². The summed E-state index contributed by atoms with van der Waals surface area (Å²) >= 11 is 0. The Morgan fingerprint density at radius 1 is 1.19 bits per heavy atom. The van der Waals surface area contributed by atoms with Gasteiger partial charge in [0.15, 0.2) is 0 Å². The summed E-state index contributed by atoms with van der Waals surface area (Å²) in [6.07, 6.45) is 0.653. The zero-order valence-electron chi connectivity index (χ0n) is 12.5. The number of carbonyl (C=O) groups is 2. The minimum absolute atomic E-state index is 0.0326. The third-order valence-corrected chi connectivity index (χ3v) is 3.44. The molecule has 2 rings (SSSR count). The van der Waals surface area contributed by atoms with Gasteiger partial charge in [-0.05, 0) is 25.8 Å². The Morgan fingerprint density at radius 2 is 1.81 bits per heavy atom. The van der Waals surface area contributed by atoms with Crippen LogP contribution >= 0.6 is 0 Å². The van der Waals surface area contributed by atoms with Crippen LogP contribution in [-0.4, -0.2) is 48.6 Å². The average molecular weight is 290 g/mol. The lowest BCUT2D eigenvalue weighted by atomic mass is 10.1. The summed E-state index contributed by atoms with van der Waals surface area (Å²) in [5, 5.41) is 2.69. The maximum atomic E-state index is 12.1. The topological polar surface area (TPSA) is 58.6 Å². The molecule has 0 saturated carbocycles. The molecule has 0 radical (unpaired) electrons. The van der Waals surface area contributed by atoms with E-state index in [0.717, 1.165) is 12.0 Å². The van der Waals surface area contributed by atoms with Crippen LogP contribution in [0.25, 0.3) is 0 Å². The highest BCUT2D eigenvalue weighted by Gasteiger charge is 2.29. The second-order valence-corrected chi connectivity index (χ2v) is 5.46. The molecule has 0 bridgehead atoms. The van der Waals surface area contributed by atoms with Crippen molar-refractivity contribution in [3.63, 3.8) is 0 Å². The van der Waals surface area contributed by atoms with E-state index in [4.69, 9.17) is 4.74 Å². The second kappa shape index (κ2) is 7.22. The molecule has 2 atom stereocenters. The van der Waals surface area contributed by atoms with Gasteiger partial charge < -0.3 is 15.0 Å². The number of rotatable bonds is 3. The van der Waals surface area contributed by atoms with E-state index in [1.54, 1.807) is 4.90 Å². The number of nitrogens with zero attached hydrogens (tertiary/aromatic N) is 1. The van der Waals surface area contributed by atoms with Gasteiger partial charge in [-0.1, -0.05) is 30.3 Å². The number of hydrogen-bond acceptors (Lipinski definition) is 3. The van der Waals surface area contributed by atoms with Gasteiger partial charge in [-0.15, -0.1) is 0 Å². The smallest absolute Gasteiger partial charge is 0.312 e. The normalized spacial score (nSPS) is 21.9. The molecule has 2 amide bonds. The van der Waals surface area contributed by atoms with E-state index in [2.05, 4.69) is 5.32 Å². The monoisotopic (exact) mass is 290 g/mol. The number of amides is 2. The van der Waals surface area contributed by atoms with Crippen molar-refractivity contribution < 1.29 is 14.3 Å². The van der Waals surface area contributed by atoms with Crippen molar-refractivity contribution in [1.82, 2.24) is 10.2 Å². The minimum Gasteiger partial charge on any atom is -0.372 e. The third-order valence-electron chi connectivity index (χ3n) is 3.44. The summed E-state index contributed by atoms with van der Waals surface area (Å²) in [5.74, 6) is -1.00. The van der Waals surface area contributed by atoms with Gasteiger partial charge in [0.2, 0.25) is 0 Å². The van der Waals surface area contributed by atoms with E-state index < -0.39 is 11.8 Å². The van der Waals surface area contributed by atoms with Crippen molar-refractivity contribution in [2.75, 3.05) is 19.6 Å². The predicted octanol–water partition coefficient (Wildman–Crippen LogP) is 0.981. The number of carbonyl (C=O) groups excluding carboxylic acids is 2. The maximum absolute atomic E-state index is 12.1. The molecule has 1 aromatic rings. The van der Waals surface area contributed by atoms with Crippen LogP contribution in [-0.2, 0) is 20.7 Å². The lowest BCUT2D eigenvalue weighted by Crippen LogP contribution is -2.52. The molecule has 1 heterocycles. The molecule has 1 aromatic carbocycles. The number of benzene rings is 1. The number of nitrogens with one attached hydrogen (secondary N) is 1. The Kier molecular flexibility index (Phi) is 5.33. The first-order chi connectivity index (χ1) is 10.1. The van der Waals surface area contributed by atoms with E-state index in [9.17, 15) is 9.59 Å². The molecule has 0 spiro atoms. The zero-order valence-corrected chi connectivity index (χ0v) is 12.5. The molecule has 5 heteroatoms. The SMILES string of the molecule is CC1CN(C(=O)C(=O)NCCc2ccccc2)CC(C)O1. The molecule has 1 fully saturated rings. The Labute approximate surface area is 125 Å². The lowest BCUT2D eigenvalue weighted by molar-refractivity contribution is -0.153. The van der Waals surface area contributed by atoms with Gasteiger partial charge in [-0.25, -0.2) is 0 Å². The van der Waals surface area contributed by atoms with Crippen LogP contribution < -0.4 is 5.32 Å². The first-order valence-electron chi connectivity index (χ1n) is 7.32. The molecule has 1 N–H and O–H groups in total. The van der Waals surface area contributed by atoms with Gasteiger partial charge in [-0.3, -0.25) is 9.59 Å². The quantitative estimate of drug-likeness (QED) is 0.844. The first kappa shape index (κ1) is 15.5. The van der Waals surface area contributed by atoms with Crippen molar-refractivity contribution in [3.05, 3.63) is 35.9 Å². The van der Waals surface area contributed by atoms with E-state index in [-0.39, 0.29) is 12.2 Å². The Bertz CT molecular complexity index is 480. The van der Waals surface area contributed by atoms with Gasteiger partial charge in [0.1, 0.15) is 0 Å². The van der Waals surface area contributed by atoms with E-state index in [1.807, 2.05) is 44.2 Å². The summed E-state index contributed by atoms with van der Waals surface area (Å²) in [5.41, 5.74) is 1.14. The summed E-state index contributed by atoms with van der Waals surface area (Å²) < 4.78 is 5.56. The fraction of sp³-hybridized carbons (Fsp3) is 0.500. The standard InChI is InChI=1S/C16H22N2O3/c1-12-10-18(11-13(2)21-12)16(20)15(19)17-9-8-14-6-4-3-5-7-14/h3-7,12-13H,8-11H2,1-2H3,(H,17,19). The molecule has 1 saturated heterocycles. The Hall–Kier alpha value is -1.88. The first-order valence-corrected chi connectivity index (χ1v) is 7.32. The molecule has 1 aliphatic heterocycles. The molecule has 21 heavy (non-hydrogen) atoms. The van der Waals surface area contributed by atoms with Gasteiger partial charge in [-0.2, -0.15) is 0 Å². The number of morpholine rings is 1. The zero-order chi connectivity index (χ0) is 15.2. The molecule has 1 aliphatic rings. The van der Waals surface area contributed by atoms with Gasteiger partial charge in [0, 0.05) is 19.6 Å². The maximum Gasteiger partial charge on any atom is 0.312 e. The summed E-state index contributed by atoms with van der Waals surface area (Å²) in [4.78, 5) is 25.6. The van der Waals surface area contributed by atoms with Crippen LogP contribution in [0.15, 0.2) is 30.3 Å². The highest BCUT2D eigenvalue weighted by Crippen LogP contribution is 2.10. The van der Waals surface area contributed by atoms with E-state index in [0.29, 0.717) is 19.6 Å². The average Bonchev–Trinajstić information content (AvgIpc) is 2.46. The van der Waals surface area contributed by atoms with Crippen LogP contribution in [0.5, 0.6) is 0 Å². The highest BCUT2D eigenvalue weighted by molar-refractivity contribution is 6.35. The van der Waals surface area contributed by atoms with Crippen LogP contribution in [0.2, 0.25) is 0 Å². The lowest BCUT2D eigenvalue weighted by Gasteiger charge is -2.34. The molecule has 0 aliphatic carbocycles. The van der Waals surface area contributed by atoms with Crippen LogP contribution in [0.4, 0.5) is 0 Å². The van der Waals surface area contributed by atoms with Crippen molar-refractivity contribution in [2.24, 2.45) is 0 Å². The largest absolute Gasteiger partial charge is 0.372 e.